The summed E-state index contributed by atoms with van der Waals surface area (Å²) in [7, 11) is 1.38. The first-order valence-corrected chi connectivity index (χ1v) is 21.4. The number of hydrogen-bond donors (Lipinski definition) is 4. The molecule has 56 heavy (non-hydrogen) atoms. The number of unbranched alkanes of at least 4 members (excludes halogenated alkanes) is 15. The molecule has 4 N–H and O–H groups in total. The summed E-state index contributed by atoms with van der Waals surface area (Å²) in [6.45, 7) is 2.47. The molecule has 314 valence electrons. The number of aliphatic hydroxyl groups excluding tert-OH is 2. The molecule has 1 saturated heterocycles. The lowest BCUT2D eigenvalue weighted by atomic mass is 9.96. The van der Waals surface area contributed by atoms with Crippen LogP contribution in [-0.2, 0) is 36.8 Å². The van der Waals surface area contributed by atoms with E-state index < -0.39 is 49.2 Å². The van der Waals surface area contributed by atoms with Crippen LogP contribution < -0.4 is 10.6 Å². The van der Waals surface area contributed by atoms with Crippen LogP contribution in [0.2, 0.25) is 0 Å². The quantitative estimate of drug-likeness (QED) is 0.0618. The fraction of sp³-hybridized carbons (Fsp3) is 0.667. The van der Waals surface area contributed by atoms with Crippen LogP contribution >= 0.6 is 0 Å². The van der Waals surface area contributed by atoms with Crippen molar-refractivity contribution in [2.75, 3.05) is 26.7 Å². The van der Waals surface area contributed by atoms with Crippen molar-refractivity contribution in [3.63, 3.8) is 0 Å². The van der Waals surface area contributed by atoms with E-state index in [-0.39, 0.29) is 19.1 Å². The van der Waals surface area contributed by atoms with Crippen LogP contribution in [0.1, 0.15) is 134 Å². The van der Waals surface area contributed by atoms with Crippen LogP contribution in [0, 0.1) is 0 Å². The van der Waals surface area contributed by atoms with E-state index in [2.05, 4.69) is 29.7 Å². The first-order valence-electron chi connectivity index (χ1n) is 21.4. The molecular formula is C45H71N3O8. The molecule has 0 aromatic heterocycles. The standard InChI is InChI=1S/C45H71N3O8/c1-3-4-5-6-7-8-9-10-11-12-13-14-15-16-23-31-40(50)48(32-25-24-28-36-26-19-17-20-27-36)34-38-42(51)43(52)41(44(54-2)56-38)47-39(49)33-46-45(53)55-35-37-29-21-18-22-30-37/h17-22,26-27,29-30,38,41-44,51-52H,3-16,23-25,28,31-35H2,1-2H3,(H,46,53)(H,47,49)/t38-,41-,42-,43-,44+/m1/s1. The molecule has 1 fully saturated rings. The molecule has 3 rings (SSSR count). The summed E-state index contributed by atoms with van der Waals surface area (Å²) >= 11 is 0. The van der Waals surface area contributed by atoms with Gasteiger partial charge in [0.25, 0.3) is 0 Å². The van der Waals surface area contributed by atoms with E-state index in [0.717, 1.165) is 44.1 Å². The van der Waals surface area contributed by atoms with E-state index in [1.165, 1.54) is 89.7 Å². The molecule has 5 atom stereocenters. The maximum atomic E-state index is 13.6. The normalized spacial score (nSPS) is 19.3. The lowest BCUT2D eigenvalue weighted by Crippen LogP contribution is -2.66. The number of benzene rings is 2. The number of aryl methyl sites for hydroxylation is 1. The minimum Gasteiger partial charge on any atom is -0.445 e. The number of nitrogens with one attached hydrogen (secondary N) is 2. The molecule has 0 radical (unpaired) electrons. The zero-order valence-corrected chi connectivity index (χ0v) is 34.2. The van der Waals surface area contributed by atoms with Gasteiger partial charge in [-0.05, 0) is 36.8 Å². The maximum absolute atomic E-state index is 13.6. The molecule has 2 aromatic carbocycles. The molecule has 0 saturated carbocycles. The van der Waals surface area contributed by atoms with Gasteiger partial charge in [0, 0.05) is 26.6 Å². The number of carbonyl (C=O) groups excluding carboxylic acids is 3. The summed E-state index contributed by atoms with van der Waals surface area (Å²) in [5, 5.41) is 27.3. The van der Waals surface area contributed by atoms with Crippen molar-refractivity contribution in [2.45, 2.75) is 166 Å². The highest BCUT2D eigenvalue weighted by atomic mass is 16.7. The van der Waals surface area contributed by atoms with Crippen LogP contribution in [-0.4, -0.2) is 90.4 Å². The zero-order valence-electron chi connectivity index (χ0n) is 34.2. The van der Waals surface area contributed by atoms with Gasteiger partial charge >= 0.3 is 6.09 Å². The Balaban J connectivity index is 1.43. The van der Waals surface area contributed by atoms with Crippen molar-refractivity contribution in [2.24, 2.45) is 0 Å². The molecule has 0 unspecified atom stereocenters. The Morgan fingerprint density at radius 2 is 1.27 bits per heavy atom. The highest BCUT2D eigenvalue weighted by molar-refractivity contribution is 5.82. The number of alkyl carbamates (subject to hydrolysis) is 1. The van der Waals surface area contributed by atoms with E-state index in [9.17, 15) is 24.6 Å². The highest BCUT2D eigenvalue weighted by Gasteiger charge is 2.46. The van der Waals surface area contributed by atoms with Gasteiger partial charge < -0.3 is 40.0 Å². The monoisotopic (exact) mass is 782 g/mol. The molecule has 0 aliphatic carbocycles. The predicted octanol–water partition coefficient (Wildman–Crippen LogP) is 7.60. The minimum absolute atomic E-state index is 0.000636. The molecule has 1 heterocycles. The Kier molecular flexibility index (Phi) is 24.1. The van der Waals surface area contributed by atoms with Crippen molar-refractivity contribution in [1.29, 1.82) is 0 Å². The van der Waals surface area contributed by atoms with Crippen molar-refractivity contribution in [3.05, 3.63) is 71.8 Å². The predicted molar refractivity (Wildman–Crippen MR) is 220 cm³/mol. The van der Waals surface area contributed by atoms with E-state index in [1.54, 1.807) is 4.90 Å². The zero-order chi connectivity index (χ0) is 40.2. The lowest BCUT2D eigenvalue weighted by Gasteiger charge is -2.43. The number of aliphatic hydroxyl groups is 2. The number of ether oxygens (including phenoxy) is 3. The summed E-state index contributed by atoms with van der Waals surface area (Å²) < 4.78 is 16.7. The molecule has 11 heteroatoms. The Labute approximate surface area is 336 Å². The summed E-state index contributed by atoms with van der Waals surface area (Å²) in [5.74, 6) is -0.625. The van der Waals surface area contributed by atoms with Crippen molar-refractivity contribution in [1.82, 2.24) is 15.5 Å². The van der Waals surface area contributed by atoms with Gasteiger partial charge in [-0.25, -0.2) is 4.79 Å². The average molecular weight is 782 g/mol. The van der Waals surface area contributed by atoms with Gasteiger partial charge in [0.2, 0.25) is 11.8 Å². The first kappa shape index (κ1) is 46.9. The third-order valence-electron chi connectivity index (χ3n) is 10.6. The van der Waals surface area contributed by atoms with E-state index >= 15 is 0 Å². The van der Waals surface area contributed by atoms with E-state index in [0.29, 0.717) is 13.0 Å². The van der Waals surface area contributed by atoms with Crippen molar-refractivity contribution in [3.8, 4) is 0 Å². The Hall–Kier alpha value is -3.51. The van der Waals surface area contributed by atoms with E-state index in [4.69, 9.17) is 14.2 Å². The van der Waals surface area contributed by atoms with Crippen molar-refractivity contribution < 1.29 is 38.8 Å². The van der Waals surface area contributed by atoms with Crippen LogP contribution in [0.5, 0.6) is 0 Å². The van der Waals surface area contributed by atoms with Gasteiger partial charge in [-0.3, -0.25) is 9.59 Å². The molecule has 1 aliphatic rings. The number of amides is 3. The summed E-state index contributed by atoms with van der Waals surface area (Å²) in [4.78, 5) is 40.2. The molecule has 11 nitrogen and oxygen atoms in total. The minimum atomic E-state index is -1.45. The smallest absolute Gasteiger partial charge is 0.407 e. The van der Waals surface area contributed by atoms with Gasteiger partial charge in [0.15, 0.2) is 6.29 Å². The maximum Gasteiger partial charge on any atom is 0.407 e. The van der Waals surface area contributed by atoms with Crippen LogP contribution in [0.3, 0.4) is 0 Å². The van der Waals surface area contributed by atoms with Gasteiger partial charge in [-0.1, -0.05) is 157 Å². The fourth-order valence-corrected chi connectivity index (χ4v) is 7.22. The summed E-state index contributed by atoms with van der Waals surface area (Å²) in [6, 6.07) is 18.3. The van der Waals surface area contributed by atoms with Crippen LogP contribution in [0.15, 0.2) is 60.7 Å². The molecule has 2 aromatic rings. The van der Waals surface area contributed by atoms with Gasteiger partial charge in [0.1, 0.15) is 37.5 Å². The number of rotatable bonds is 29. The molecule has 0 bridgehead atoms. The highest BCUT2D eigenvalue weighted by Crippen LogP contribution is 2.24. The largest absolute Gasteiger partial charge is 0.445 e. The van der Waals surface area contributed by atoms with Crippen molar-refractivity contribution >= 4 is 17.9 Å². The molecule has 3 amide bonds. The lowest BCUT2D eigenvalue weighted by molar-refractivity contribution is -0.258. The molecular weight excluding hydrogens is 711 g/mol. The topological polar surface area (TPSA) is 147 Å². The number of methoxy groups -OCH3 is 1. The van der Waals surface area contributed by atoms with E-state index in [1.807, 2.05) is 48.5 Å². The third-order valence-corrected chi connectivity index (χ3v) is 10.6. The fourth-order valence-electron chi connectivity index (χ4n) is 7.22. The second-order valence-corrected chi connectivity index (χ2v) is 15.3. The van der Waals surface area contributed by atoms with Gasteiger partial charge in [-0.15, -0.1) is 0 Å². The molecule has 1 aliphatic heterocycles. The third kappa shape index (κ3) is 19.1. The number of carbonyl (C=O) groups is 3. The second kappa shape index (κ2) is 28.8. The Bertz CT molecular complexity index is 1330. The molecule has 0 spiro atoms. The summed E-state index contributed by atoms with van der Waals surface area (Å²) in [5.41, 5.74) is 2.05. The summed E-state index contributed by atoms with van der Waals surface area (Å²) in [6.07, 6.45) is 16.2. The Morgan fingerprint density at radius 1 is 0.714 bits per heavy atom. The SMILES string of the molecule is CCCCCCCCCCCCCCCCCC(=O)N(CCCCc1ccccc1)C[C@H]1O[C@H](OC)[C@H](NC(=O)CNC(=O)OCc2ccccc2)[C@@H](O)[C@@H]1O. The van der Waals surface area contributed by atoms with Gasteiger partial charge in [0.05, 0.1) is 0 Å². The Morgan fingerprint density at radius 3 is 1.84 bits per heavy atom. The second-order valence-electron chi connectivity index (χ2n) is 15.3. The first-order chi connectivity index (χ1) is 27.3. The number of nitrogens with zero attached hydrogens (tertiary/aromatic N) is 1. The average Bonchev–Trinajstić information content (AvgIpc) is 3.22. The van der Waals surface area contributed by atoms with Crippen LogP contribution in [0.4, 0.5) is 4.79 Å². The number of hydrogen-bond acceptors (Lipinski definition) is 8. The van der Waals surface area contributed by atoms with Gasteiger partial charge in [-0.2, -0.15) is 0 Å². The van der Waals surface area contributed by atoms with Crippen LogP contribution in [0.25, 0.3) is 0 Å².